The summed E-state index contributed by atoms with van der Waals surface area (Å²) in [5.74, 6) is -1.50. The molecule has 0 aromatic heterocycles. The van der Waals surface area contributed by atoms with E-state index in [9.17, 15) is 14.4 Å². The Morgan fingerprint density at radius 1 is 0.903 bits per heavy atom. The van der Waals surface area contributed by atoms with Gasteiger partial charge in [0.25, 0.3) is 11.8 Å². The lowest BCUT2D eigenvalue weighted by molar-refractivity contribution is -0.124. The minimum Gasteiger partial charge on any atom is -0.452 e. The van der Waals surface area contributed by atoms with E-state index >= 15 is 0 Å². The number of para-hydroxylation sites is 1. The Bertz CT molecular complexity index is 1070. The Morgan fingerprint density at radius 3 is 2.26 bits per heavy atom. The molecule has 1 atom stereocenters. The second kappa shape index (κ2) is 10.4. The highest BCUT2D eigenvalue weighted by Gasteiger charge is 2.17. The summed E-state index contributed by atoms with van der Waals surface area (Å²) in [6.45, 7) is 1.37. The van der Waals surface area contributed by atoms with Crippen LogP contribution in [0, 0.1) is 0 Å². The molecular formula is C24H21ClN2O4. The second-order valence-corrected chi connectivity index (χ2v) is 7.22. The summed E-state index contributed by atoms with van der Waals surface area (Å²) in [4.78, 5) is 37.1. The zero-order valence-electron chi connectivity index (χ0n) is 16.8. The van der Waals surface area contributed by atoms with Crippen LogP contribution in [0.15, 0.2) is 78.9 Å². The van der Waals surface area contributed by atoms with Gasteiger partial charge in [-0.1, -0.05) is 54.1 Å². The van der Waals surface area contributed by atoms with Crippen LogP contribution in [0.25, 0.3) is 0 Å². The molecule has 0 spiro atoms. The van der Waals surface area contributed by atoms with Crippen LogP contribution in [0.2, 0.25) is 5.02 Å². The number of rotatable bonds is 7. The molecule has 3 aromatic carbocycles. The van der Waals surface area contributed by atoms with Gasteiger partial charge in [0.05, 0.1) is 17.3 Å². The summed E-state index contributed by atoms with van der Waals surface area (Å²) >= 11 is 5.87. The molecule has 1 unspecified atom stereocenters. The number of nitrogens with one attached hydrogen (secondary N) is 2. The minimum absolute atomic E-state index is 0.158. The molecular weight excluding hydrogens is 416 g/mol. The van der Waals surface area contributed by atoms with Gasteiger partial charge in [0.1, 0.15) is 0 Å². The number of anilines is 1. The fraction of sp³-hybridized carbons (Fsp3) is 0.125. The van der Waals surface area contributed by atoms with Gasteiger partial charge in [-0.15, -0.1) is 0 Å². The van der Waals surface area contributed by atoms with Gasteiger partial charge in [0, 0.05) is 10.6 Å². The number of ether oxygens (including phenoxy) is 1. The SMILES string of the molecule is CC(NC(=O)COC(=O)c1ccccc1NC(=O)c1ccccc1)c1ccc(Cl)cc1. The fourth-order valence-electron chi connectivity index (χ4n) is 2.88. The van der Waals surface area contributed by atoms with Crippen molar-refractivity contribution in [2.24, 2.45) is 0 Å². The Hall–Kier alpha value is -3.64. The van der Waals surface area contributed by atoms with E-state index in [1.165, 1.54) is 6.07 Å². The predicted octanol–water partition coefficient (Wildman–Crippen LogP) is 4.63. The van der Waals surface area contributed by atoms with E-state index in [-0.39, 0.29) is 17.5 Å². The standard InChI is InChI=1S/C24H21ClN2O4/c1-16(17-11-13-19(25)14-12-17)26-22(28)15-31-24(30)20-9-5-6-10-21(20)27-23(29)18-7-3-2-4-8-18/h2-14,16H,15H2,1H3,(H,26,28)(H,27,29). The lowest BCUT2D eigenvalue weighted by Crippen LogP contribution is -2.31. The van der Waals surface area contributed by atoms with Gasteiger partial charge in [0.2, 0.25) is 0 Å². The molecule has 7 heteroatoms. The number of halogens is 1. The summed E-state index contributed by atoms with van der Waals surface area (Å²) in [5, 5.41) is 6.07. The Balaban J connectivity index is 1.58. The third kappa shape index (κ3) is 6.17. The number of benzene rings is 3. The van der Waals surface area contributed by atoms with Crippen molar-refractivity contribution < 1.29 is 19.1 Å². The first kappa shape index (κ1) is 22.1. The maximum atomic E-state index is 12.5. The number of amides is 2. The van der Waals surface area contributed by atoms with Crippen LogP contribution in [0.3, 0.4) is 0 Å². The maximum absolute atomic E-state index is 12.5. The normalized spacial score (nSPS) is 11.3. The first-order chi connectivity index (χ1) is 14.9. The summed E-state index contributed by atoms with van der Waals surface area (Å²) in [6, 6.07) is 21.9. The summed E-state index contributed by atoms with van der Waals surface area (Å²) in [6.07, 6.45) is 0. The van der Waals surface area contributed by atoms with Gasteiger partial charge in [-0.2, -0.15) is 0 Å². The van der Waals surface area contributed by atoms with Crippen molar-refractivity contribution in [1.82, 2.24) is 5.32 Å². The minimum atomic E-state index is -0.710. The molecule has 0 heterocycles. The van der Waals surface area contributed by atoms with Crippen molar-refractivity contribution in [3.05, 3.63) is 101 Å². The Morgan fingerprint density at radius 2 is 1.55 bits per heavy atom. The Kier molecular flexibility index (Phi) is 7.40. The molecule has 6 nitrogen and oxygen atoms in total. The van der Waals surface area contributed by atoms with Crippen LogP contribution in [-0.4, -0.2) is 24.4 Å². The van der Waals surface area contributed by atoms with Crippen LogP contribution in [0.5, 0.6) is 0 Å². The lowest BCUT2D eigenvalue weighted by Gasteiger charge is -2.15. The van der Waals surface area contributed by atoms with Crippen LogP contribution < -0.4 is 10.6 Å². The maximum Gasteiger partial charge on any atom is 0.340 e. The number of hydrogen-bond acceptors (Lipinski definition) is 4. The van der Waals surface area contributed by atoms with E-state index in [1.54, 1.807) is 60.7 Å². The molecule has 0 radical (unpaired) electrons. The number of hydrogen-bond donors (Lipinski definition) is 2. The smallest absolute Gasteiger partial charge is 0.340 e. The lowest BCUT2D eigenvalue weighted by atomic mass is 10.1. The van der Waals surface area contributed by atoms with E-state index in [0.717, 1.165) is 5.56 Å². The molecule has 31 heavy (non-hydrogen) atoms. The molecule has 158 valence electrons. The van der Waals surface area contributed by atoms with Crippen molar-refractivity contribution in [2.75, 3.05) is 11.9 Å². The largest absolute Gasteiger partial charge is 0.452 e. The van der Waals surface area contributed by atoms with Crippen LogP contribution in [-0.2, 0) is 9.53 Å². The summed E-state index contributed by atoms with van der Waals surface area (Å²) in [7, 11) is 0. The van der Waals surface area contributed by atoms with E-state index in [0.29, 0.717) is 16.3 Å². The predicted molar refractivity (Wildman–Crippen MR) is 119 cm³/mol. The zero-order chi connectivity index (χ0) is 22.2. The molecule has 3 aromatic rings. The van der Waals surface area contributed by atoms with E-state index in [1.807, 2.05) is 19.1 Å². The second-order valence-electron chi connectivity index (χ2n) is 6.78. The monoisotopic (exact) mass is 436 g/mol. The molecule has 2 N–H and O–H groups in total. The highest BCUT2D eigenvalue weighted by Crippen LogP contribution is 2.18. The van der Waals surface area contributed by atoms with E-state index in [2.05, 4.69) is 10.6 Å². The van der Waals surface area contributed by atoms with Gasteiger partial charge in [-0.05, 0) is 48.9 Å². The molecule has 0 aliphatic carbocycles. The van der Waals surface area contributed by atoms with Gasteiger partial charge in [-0.25, -0.2) is 4.79 Å². The van der Waals surface area contributed by atoms with Crippen molar-refractivity contribution in [3.63, 3.8) is 0 Å². The Labute approximate surface area is 185 Å². The molecule has 0 saturated heterocycles. The first-order valence-electron chi connectivity index (χ1n) is 9.61. The van der Waals surface area contributed by atoms with Gasteiger partial charge < -0.3 is 15.4 Å². The van der Waals surface area contributed by atoms with Gasteiger partial charge >= 0.3 is 5.97 Å². The van der Waals surface area contributed by atoms with Crippen molar-refractivity contribution in [2.45, 2.75) is 13.0 Å². The van der Waals surface area contributed by atoms with E-state index in [4.69, 9.17) is 16.3 Å². The van der Waals surface area contributed by atoms with Crippen LogP contribution in [0.4, 0.5) is 5.69 Å². The number of carbonyl (C=O) groups is 3. The highest BCUT2D eigenvalue weighted by atomic mass is 35.5. The quantitative estimate of drug-likeness (QED) is 0.529. The van der Waals surface area contributed by atoms with E-state index < -0.39 is 18.5 Å². The molecule has 3 rings (SSSR count). The van der Waals surface area contributed by atoms with Crippen LogP contribution >= 0.6 is 11.6 Å². The average molecular weight is 437 g/mol. The van der Waals surface area contributed by atoms with Crippen molar-refractivity contribution in [3.8, 4) is 0 Å². The molecule has 0 bridgehead atoms. The fourth-order valence-corrected chi connectivity index (χ4v) is 3.01. The molecule has 0 aliphatic heterocycles. The highest BCUT2D eigenvalue weighted by molar-refractivity contribution is 6.30. The summed E-state index contributed by atoms with van der Waals surface area (Å²) in [5.41, 5.74) is 1.79. The first-order valence-corrected chi connectivity index (χ1v) is 9.99. The average Bonchev–Trinajstić information content (AvgIpc) is 2.78. The third-order valence-corrected chi connectivity index (χ3v) is 4.76. The molecule has 0 aliphatic rings. The molecule has 0 fully saturated rings. The topological polar surface area (TPSA) is 84.5 Å². The number of carbonyl (C=O) groups excluding carboxylic acids is 3. The van der Waals surface area contributed by atoms with Gasteiger partial charge in [0.15, 0.2) is 6.61 Å². The molecule has 2 amide bonds. The number of esters is 1. The van der Waals surface area contributed by atoms with Crippen molar-refractivity contribution >= 4 is 35.1 Å². The molecule has 0 saturated carbocycles. The van der Waals surface area contributed by atoms with Crippen LogP contribution in [0.1, 0.15) is 39.2 Å². The summed E-state index contributed by atoms with van der Waals surface area (Å²) < 4.78 is 5.15. The third-order valence-electron chi connectivity index (χ3n) is 4.51. The van der Waals surface area contributed by atoms with Gasteiger partial charge in [-0.3, -0.25) is 9.59 Å². The van der Waals surface area contributed by atoms with Crippen molar-refractivity contribution in [1.29, 1.82) is 0 Å². The zero-order valence-corrected chi connectivity index (χ0v) is 17.6.